The van der Waals surface area contributed by atoms with Crippen molar-refractivity contribution < 1.29 is 9.47 Å². The van der Waals surface area contributed by atoms with Crippen LogP contribution in [0.2, 0.25) is 5.02 Å². The molecule has 3 nitrogen and oxygen atoms in total. The summed E-state index contributed by atoms with van der Waals surface area (Å²) in [7, 11) is 0. The van der Waals surface area contributed by atoms with E-state index >= 15 is 0 Å². The maximum absolute atomic E-state index is 6.22. The van der Waals surface area contributed by atoms with E-state index in [1.165, 1.54) is 18.4 Å². The molecular weight excluding hydrogens is 274 g/mol. The van der Waals surface area contributed by atoms with Crippen molar-refractivity contribution >= 4 is 11.6 Å². The van der Waals surface area contributed by atoms with Crippen molar-refractivity contribution in [2.24, 2.45) is 11.8 Å². The van der Waals surface area contributed by atoms with Crippen LogP contribution >= 0.6 is 11.6 Å². The molecule has 1 saturated carbocycles. The Kier molecular flexibility index (Phi) is 6.14. The predicted molar refractivity (Wildman–Crippen MR) is 82.2 cm³/mol. The molecule has 0 spiro atoms. The molecule has 0 saturated heterocycles. The topological polar surface area (TPSA) is 30.5 Å². The van der Waals surface area contributed by atoms with E-state index in [1.807, 2.05) is 18.2 Å². The van der Waals surface area contributed by atoms with Gasteiger partial charge >= 0.3 is 0 Å². The first-order valence-electron chi connectivity index (χ1n) is 7.35. The summed E-state index contributed by atoms with van der Waals surface area (Å²) in [4.78, 5) is 0. The van der Waals surface area contributed by atoms with Gasteiger partial charge in [0, 0.05) is 6.54 Å². The van der Waals surface area contributed by atoms with Gasteiger partial charge in [-0.1, -0.05) is 31.5 Å². The summed E-state index contributed by atoms with van der Waals surface area (Å²) in [5.74, 6) is 2.09. The molecule has 1 aromatic carbocycles. The fraction of sp³-hybridized carbons (Fsp3) is 0.625. The molecule has 0 aromatic heterocycles. The summed E-state index contributed by atoms with van der Waals surface area (Å²) >= 11 is 6.22. The monoisotopic (exact) mass is 297 g/mol. The molecular formula is C16H24ClNO2. The Morgan fingerprint density at radius 2 is 2.15 bits per heavy atom. The van der Waals surface area contributed by atoms with Crippen molar-refractivity contribution in [3.05, 3.63) is 28.8 Å². The fourth-order valence-electron chi connectivity index (χ4n) is 1.88. The summed E-state index contributed by atoms with van der Waals surface area (Å²) in [6, 6.07) is 5.90. The number of nitrogens with one attached hydrogen (secondary N) is 1. The molecule has 1 fully saturated rings. The third-order valence-electron chi connectivity index (χ3n) is 3.23. The lowest BCUT2D eigenvalue weighted by Gasteiger charge is -2.11. The Labute approximate surface area is 126 Å². The van der Waals surface area contributed by atoms with Crippen LogP contribution in [0.15, 0.2) is 18.2 Å². The van der Waals surface area contributed by atoms with E-state index in [2.05, 4.69) is 19.2 Å². The van der Waals surface area contributed by atoms with E-state index in [1.54, 1.807) is 0 Å². The summed E-state index contributed by atoms with van der Waals surface area (Å²) in [5, 5.41) is 4.04. The highest BCUT2D eigenvalue weighted by Crippen LogP contribution is 2.29. The van der Waals surface area contributed by atoms with E-state index < -0.39 is 0 Å². The van der Waals surface area contributed by atoms with Crippen molar-refractivity contribution in [1.29, 1.82) is 0 Å². The first-order valence-corrected chi connectivity index (χ1v) is 7.72. The Balaban J connectivity index is 1.72. The second-order valence-electron chi connectivity index (χ2n) is 5.87. The SMILES string of the molecule is CC(C)CNCc1ccc(OCOCC2CC2)c(Cl)c1. The van der Waals surface area contributed by atoms with Gasteiger partial charge in [0.25, 0.3) is 0 Å². The maximum atomic E-state index is 6.22. The number of ether oxygens (including phenoxy) is 2. The Morgan fingerprint density at radius 1 is 1.35 bits per heavy atom. The highest BCUT2D eigenvalue weighted by molar-refractivity contribution is 6.32. The average molecular weight is 298 g/mol. The molecule has 112 valence electrons. The van der Waals surface area contributed by atoms with Gasteiger partial charge < -0.3 is 14.8 Å². The maximum Gasteiger partial charge on any atom is 0.189 e. The summed E-state index contributed by atoms with van der Waals surface area (Å²) in [6.07, 6.45) is 2.58. The second-order valence-corrected chi connectivity index (χ2v) is 6.27. The number of hydrogen-bond donors (Lipinski definition) is 1. The van der Waals surface area contributed by atoms with Crippen molar-refractivity contribution in [3.8, 4) is 5.75 Å². The molecule has 20 heavy (non-hydrogen) atoms. The van der Waals surface area contributed by atoms with Gasteiger partial charge in [0.2, 0.25) is 0 Å². The predicted octanol–water partition coefficient (Wildman–Crippen LogP) is 3.85. The van der Waals surface area contributed by atoms with Gasteiger partial charge in [-0.05, 0) is 48.9 Å². The number of hydrogen-bond acceptors (Lipinski definition) is 3. The molecule has 0 amide bonds. The lowest BCUT2D eigenvalue weighted by Crippen LogP contribution is -2.18. The Morgan fingerprint density at radius 3 is 2.80 bits per heavy atom. The smallest absolute Gasteiger partial charge is 0.189 e. The first-order chi connectivity index (χ1) is 9.65. The van der Waals surface area contributed by atoms with Crippen LogP contribution in [0.25, 0.3) is 0 Å². The zero-order valence-corrected chi connectivity index (χ0v) is 13.1. The van der Waals surface area contributed by atoms with E-state index in [9.17, 15) is 0 Å². The zero-order chi connectivity index (χ0) is 14.4. The standard InChI is InChI=1S/C16H24ClNO2/c1-12(2)8-18-9-14-5-6-16(15(17)7-14)20-11-19-10-13-3-4-13/h5-7,12-13,18H,3-4,8-11H2,1-2H3. The minimum Gasteiger partial charge on any atom is -0.466 e. The first kappa shape index (κ1) is 15.6. The summed E-state index contributed by atoms with van der Waals surface area (Å²) in [6.45, 7) is 7.30. The lowest BCUT2D eigenvalue weighted by atomic mass is 10.2. The van der Waals surface area contributed by atoms with Gasteiger partial charge in [-0.2, -0.15) is 0 Å². The Bertz CT molecular complexity index is 419. The molecule has 0 aliphatic heterocycles. The van der Waals surface area contributed by atoms with Crippen molar-refractivity contribution in [2.75, 3.05) is 19.9 Å². The van der Waals surface area contributed by atoms with Crippen LogP contribution < -0.4 is 10.1 Å². The van der Waals surface area contributed by atoms with Crippen molar-refractivity contribution in [3.63, 3.8) is 0 Å². The van der Waals surface area contributed by atoms with E-state index in [-0.39, 0.29) is 6.79 Å². The molecule has 0 heterocycles. The zero-order valence-electron chi connectivity index (χ0n) is 12.3. The van der Waals surface area contributed by atoms with Crippen LogP contribution in [0.3, 0.4) is 0 Å². The second kappa shape index (κ2) is 7.87. The number of benzene rings is 1. The van der Waals surface area contributed by atoms with Gasteiger partial charge in [0.1, 0.15) is 5.75 Å². The molecule has 1 aliphatic rings. The van der Waals surface area contributed by atoms with Crippen LogP contribution in [0.5, 0.6) is 5.75 Å². The number of rotatable bonds is 9. The van der Waals surface area contributed by atoms with Crippen LogP contribution in [-0.4, -0.2) is 19.9 Å². The molecule has 0 unspecified atom stereocenters. The van der Waals surface area contributed by atoms with Gasteiger partial charge in [-0.15, -0.1) is 0 Å². The van der Waals surface area contributed by atoms with Crippen molar-refractivity contribution in [2.45, 2.75) is 33.2 Å². The Hall–Kier alpha value is -0.770. The third kappa shape index (κ3) is 5.70. The molecule has 1 aromatic rings. The van der Waals surface area contributed by atoms with Crippen LogP contribution in [0.4, 0.5) is 0 Å². The molecule has 1 aliphatic carbocycles. The quantitative estimate of drug-likeness (QED) is 0.555. The van der Waals surface area contributed by atoms with Crippen LogP contribution in [0.1, 0.15) is 32.3 Å². The highest BCUT2D eigenvalue weighted by atomic mass is 35.5. The summed E-state index contributed by atoms with van der Waals surface area (Å²) < 4.78 is 11.0. The van der Waals surface area contributed by atoms with Gasteiger partial charge in [-0.25, -0.2) is 0 Å². The minimum absolute atomic E-state index is 0.279. The normalized spacial score (nSPS) is 14.8. The lowest BCUT2D eigenvalue weighted by molar-refractivity contribution is 0.0100. The summed E-state index contributed by atoms with van der Waals surface area (Å²) in [5.41, 5.74) is 1.17. The van der Waals surface area contributed by atoms with E-state index in [4.69, 9.17) is 21.1 Å². The number of halogens is 1. The molecule has 0 bridgehead atoms. The average Bonchev–Trinajstić information content (AvgIpc) is 3.20. The molecule has 2 rings (SSSR count). The van der Waals surface area contributed by atoms with Crippen LogP contribution in [-0.2, 0) is 11.3 Å². The third-order valence-corrected chi connectivity index (χ3v) is 3.52. The highest BCUT2D eigenvalue weighted by Gasteiger charge is 2.21. The minimum atomic E-state index is 0.279. The van der Waals surface area contributed by atoms with Crippen molar-refractivity contribution in [1.82, 2.24) is 5.32 Å². The largest absolute Gasteiger partial charge is 0.466 e. The molecule has 4 heteroatoms. The van der Waals surface area contributed by atoms with Crippen LogP contribution in [0, 0.1) is 11.8 Å². The molecule has 0 atom stereocenters. The molecule has 0 radical (unpaired) electrons. The van der Waals surface area contributed by atoms with Gasteiger partial charge in [-0.3, -0.25) is 0 Å². The fourth-order valence-corrected chi connectivity index (χ4v) is 2.14. The van der Waals surface area contributed by atoms with E-state index in [0.717, 1.165) is 25.6 Å². The molecule has 1 N–H and O–H groups in total. The van der Waals surface area contributed by atoms with Gasteiger partial charge in [0.15, 0.2) is 6.79 Å². The van der Waals surface area contributed by atoms with Gasteiger partial charge in [0.05, 0.1) is 11.6 Å². The van der Waals surface area contributed by atoms with E-state index in [0.29, 0.717) is 16.7 Å².